The first-order chi connectivity index (χ1) is 8.88. The molecule has 0 bridgehead atoms. The fraction of sp³-hybridized carbons (Fsp3) is 0.364. The van der Waals surface area contributed by atoms with Crippen molar-refractivity contribution in [2.45, 2.75) is 6.54 Å². The highest BCUT2D eigenvalue weighted by atomic mass is 35.5. The Balaban J connectivity index is 0.00000361. The lowest BCUT2D eigenvalue weighted by atomic mass is 10.2. The van der Waals surface area contributed by atoms with Crippen molar-refractivity contribution < 1.29 is 22.9 Å². The number of rotatable bonds is 7. The first-order valence-electron chi connectivity index (χ1n) is 5.39. The summed E-state index contributed by atoms with van der Waals surface area (Å²) in [4.78, 5) is 12.2. The number of carboxylic acids is 1. The van der Waals surface area contributed by atoms with Crippen LogP contribution in [-0.2, 0) is 27.0 Å². The number of anilines is 1. The largest absolute Gasteiger partial charge is 0.748 e. The van der Waals surface area contributed by atoms with Gasteiger partial charge in [-0.05, 0) is 24.7 Å². The van der Waals surface area contributed by atoms with Crippen LogP contribution in [-0.4, -0.2) is 45.4 Å². The Kier molecular flexibility index (Phi) is 8.35. The van der Waals surface area contributed by atoms with Crippen molar-refractivity contribution in [1.82, 2.24) is 4.90 Å². The molecule has 1 aromatic rings. The molecule has 7 nitrogen and oxygen atoms in total. The minimum atomic E-state index is -2.61. The topological polar surface area (TPSA) is 93.1 Å². The van der Waals surface area contributed by atoms with Crippen LogP contribution in [0.4, 0.5) is 5.69 Å². The van der Waals surface area contributed by atoms with Gasteiger partial charge in [0.05, 0.1) is 12.2 Å². The highest BCUT2D eigenvalue weighted by Crippen LogP contribution is 2.15. The average molecular weight is 324 g/mol. The number of benzene rings is 1. The van der Waals surface area contributed by atoms with Crippen molar-refractivity contribution in [1.29, 1.82) is 0 Å². The fourth-order valence-corrected chi connectivity index (χ4v) is 1.81. The second-order valence-electron chi connectivity index (χ2n) is 4.01. The summed E-state index contributed by atoms with van der Waals surface area (Å²) in [6, 6.07) is 6.94. The minimum Gasteiger partial charge on any atom is -0.748 e. The van der Waals surface area contributed by atoms with Crippen LogP contribution in [0.15, 0.2) is 24.3 Å². The molecule has 1 aromatic carbocycles. The number of aliphatic carboxylic acids is 1. The molecule has 0 saturated carbocycles. The molecule has 0 heterocycles. The molecule has 1 N–H and O–H groups in total. The van der Waals surface area contributed by atoms with Crippen LogP contribution in [0.3, 0.4) is 0 Å². The van der Waals surface area contributed by atoms with Gasteiger partial charge in [0, 0.05) is 13.6 Å². The number of hydroxylamine groups is 1. The van der Waals surface area contributed by atoms with E-state index in [-0.39, 0.29) is 19.0 Å². The van der Waals surface area contributed by atoms with E-state index in [9.17, 15) is 13.6 Å². The molecule has 20 heavy (non-hydrogen) atoms. The van der Waals surface area contributed by atoms with Crippen molar-refractivity contribution in [2.75, 3.05) is 25.7 Å². The molecule has 0 aliphatic carbocycles. The molecule has 9 heteroatoms. The second kappa shape index (κ2) is 8.88. The Morgan fingerprint density at radius 2 is 1.90 bits per heavy atom. The summed E-state index contributed by atoms with van der Waals surface area (Å²) < 4.78 is 25.2. The summed E-state index contributed by atoms with van der Waals surface area (Å²) in [6.45, 7) is 0.449. The van der Waals surface area contributed by atoms with Gasteiger partial charge in [0.2, 0.25) is 0 Å². The van der Waals surface area contributed by atoms with Crippen molar-refractivity contribution in [3.8, 4) is 0 Å². The van der Waals surface area contributed by atoms with Crippen LogP contribution in [0.25, 0.3) is 0 Å². The van der Waals surface area contributed by atoms with E-state index in [1.807, 2.05) is 0 Å². The lowest BCUT2D eigenvalue weighted by Crippen LogP contribution is -2.25. The third kappa shape index (κ3) is 6.83. The summed E-state index contributed by atoms with van der Waals surface area (Å²) in [7, 11) is 3.18. The maximum atomic E-state index is 10.5. The third-order valence-corrected chi connectivity index (χ3v) is 2.68. The molecule has 0 amide bonds. The van der Waals surface area contributed by atoms with E-state index in [1.165, 1.54) is 7.05 Å². The van der Waals surface area contributed by atoms with Gasteiger partial charge in [0.1, 0.15) is 11.4 Å². The number of hydrogen-bond donors (Lipinski definition) is 1. The van der Waals surface area contributed by atoms with Crippen LogP contribution in [0.2, 0.25) is 0 Å². The molecular formula is C11H16ClN2O5S-. The first kappa shape index (κ1) is 18.8. The quantitative estimate of drug-likeness (QED) is 0.585. The minimum absolute atomic E-state index is 0. The zero-order valence-electron chi connectivity index (χ0n) is 11.0. The summed E-state index contributed by atoms with van der Waals surface area (Å²) >= 11 is -2.61. The van der Waals surface area contributed by atoms with Crippen molar-refractivity contribution in [3.63, 3.8) is 0 Å². The van der Waals surface area contributed by atoms with Gasteiger partial charge in [-0.3, -0.25) is 9.69 Å². The maximum Gasteiger partial charge on any atom is 0.317 e. The number of halogens is 1. The zero-order valence-corrected chi connectivity index (χ0v) is 12.6. The lowest BCUT2D eigenvalue weighted by Gasteiger charge is -2.20. The van der Waals surface area contributed by atoms with E-state index in [0.717, 1.165) is 10.6 Å². The zero-order chi connectivity index (χ0) is 14.4. The Morgan fingerprint density at radius 3 is 2.35 bits per heavy atom. The van der Waals surface area contributed by atoms with E-state index in [0.29, 0.717) is 12.2 Å². The molecule has 1 rings (SSSR count). The van der Waals surface area contributed by atoms with Gasteiger partial charge in [-0.2, -0.15) is 4.28 Å². The molecule has 114 valence electrons. The molecule has 1 unspecified atom stereocenters. The van der Waals surface area contributed by atoms with E-state index in [4.69, 9.17) is 5.11 Å². The number of carboxylic acid groups (broad SMARTS) is 1. The van der Waals surface area contributed by atoms with E-state index in [1.54, 1.807) is 36.2 Å². The molecule has 0 aromatic heterocycles. The normalized spacial score (nSPS) is 11.8. The summed E-state index contributed by atoms with van der Waals surface area (Å²) in [5, 5.41) is 9.76. The number of likely N-dealkylation sites (N-methyl/N-ethyl adjacent to an activating group) is 1. The average Bonchev–Trinajstić information content (AvgIpc) is 2.27. The van der Waals surface area contributed by atoms with Crippen LogP contribution in [0.1, 0.15) is 5.56 Å². The van der Waals surface area contributed by atoms with Gasteiger partial charge in [0.15, 0.2) is 0 Å². The standard InChI is InChI=1S/C11H16N2O5S.ClH/c1-12(8-11(14)15)7-9-3-5-10(6-4-9)13(2)18-19(16)17;/h3-6H,7-8H2,1-2H3,(H,14,15)(H,16,17);1H/p-1. The first-order valence-corrected chi connectivity index (χ1v) is 6.39. The molecule has 0 fully saturated rings. The monoisotopic (exact) mass is 323 g/mol. The third-order valence-electron chi connectivity index (χ3n) is 2.33. The van der Waals surface area contributed by atoms with Gasteiger partial charge >= 0.3 is 5.97 Å². The Hall–Kier alpha value is -1.19. The van der Waals surface area contributed by atoms with E-state index in [2.05, 4.69) is 4.28 Å². The van der Waals surface area contributed by atoms with Crippen LogP contribution >= 0.6 is 12.4 Å². The molecule has 0 radical (unpaired) electrons. The predicted molar refractivity (Wildman–Crippen MR) is 76.1 cm³/mol. The maximum absolute atomic E-state index is 10.5. The predicted octanol–water partition coefficient (Wildman–Crippen LogP) is 0.787. The Morgan fingerprint density at radius 1 is 1.35 bits per heavy atom. The SMILES string of the molecule is CN(CC(=O)O)Cc1ccc(N(C)OS(=O)[O-])cc1.Cl. The fourth-order valence-electron chi connectivity index (χ4n) is 1.54. The van der Waals surface area contributed by atoms with Gasteiger partial charge in [0.25, 0.3) is 0 Å². The van der Waals surface area contributed by atoms with Crippen LogP contribution in [0.5, 0.6) is 0 Å². The van der Waals surface area contributed by atoms with Crippen LogP contribution < -0.4 is 5.06 Å². The molecular weight excluding hydrogens is 308 g/mol. The van der Waals surface area contributed by atoms with Gasteiger partial charge < -0.3 is 9.66 Å². The van der Waals surface area contributed by atoms with Crippen LogP contribution in [0, 0.1) is 0 Å². The van der Waals surface area contributed by atoms with Gasteiger partial charge in [-0.1, -0.05) is 12.1 Å². The molecule has 0 aliphatic heterocycles. The van der Waals surface area contributed by atoms with E-state index >= 15 is 0 Å². The van der Waals surface area contributed by atoms with Crippen molar-refractivity contribution >= 4 is 35.4 Å². The Bertz CT molecular complexity index is 457. The number of hydrogen-bond acceptors (Lipinski definition) is 6. The molecule has 1 atom stereocenters. The van der Waals surface area contributed by atoms with Crippen molar-refractivity contribution in [3.05, 3.63) is 29.8 Å². The van der Waals surface area contributed by atoms with E-state index < -0.39 is 17.3 Å². The summed E-state index contributed by atoms with van der Waals surface area (Å²) in [5.74, 6) is -0.884. The second-order valence-corrected chi connectivity index (χ2v) is 4.57. The number of nitrogens with zero attached hydrogens (tertiary/aromatic N) is 2. The van der Waals surface area contributed by atoms with Crippen molar-refractivity contribution in [2.24, 2.45) is 0 Å². The molecule has 0 spiro atoms. The number of carbonyl (C=O) groups is 1. The molecule has 0 saturated heterocycles. The summed E-state index contributed by atoms with van der Waals surface area (Å²) in [5.41, 5.74) is 1.50. The Labute approximate surface area is 126 Å². The highest BCUT2D eigenvalue weighted by Gasteiger charge is 2.06. The lowest BCUT2D eigenvalue weighted by molar-refractivity contribution is -0.138. The highest BCUT2D eigenvalue weighted by molar-refractivity contribution is 7.74. The molecule has 0 aliphatic rings. The van der Waals surface area contributed by atoms with Gasteiger partial charge in [-0.15, -0.1) is 12.4 Å². The summed E-state index contributed by atoms with van der Waals surface area (Å²) in [6.07, 6.45) is 0. The van der Waals surface area contributed by atoms with Gasteiger partial charge in [-0.25, -0.2) is 9.27 Å². The smallest absolute Gasteiger partial charge is 0.317 e.